The van der Waals surface area contributed by atoms with Crippen LogP contribution in [-0.2, 0) is 36.8 Å². The van der Waals surface area contributed by atoms with Crippen molar-refractivity contribution in [1.82, 2.24) is 26.6 Å². The standard InChI is InChI=1S/C24H27N5O6/c30-17-8-6-16(7-9-17)11-19-24(35)27-14-22(33)29-18(10-15-4-2-1-3-5-15)23(34)26-12-20(31)25-13-21(32)28-19/h1-9,18-19,30H,10-14H2,(H,25,31)(H,26,34)(H,27,35)(H,28,32)(H,29,33)/t18-,19-/m0/s1. The molecule has 11 heteroatoms. The monoisotopic (exact) mass is 481 g/mol. The number of carbonyl (C=O) groups is 5. The number of aromatic hydroxyl groups is 1. The Morgan fingerprint density at radius 1 is 0.600 bits per heavy atom. The first-order chi connectivity index (χ1) is 16.8. The molecule has 0 saturated carbocycles. The van der Waals surface area contributed by atoms with Gasteiger partial charge in [0.15, 0.2) is 0 Å². The van der Waals surface area contributed by atoms with Crippen LogP contribution in [0.15, 0.2) is 54.6 Å². The summed E-state index contributed by atoms with van der Waals surface area (Å²) in [6, 6.07) is 13.1. The Hall–Kier alpha value is -4.41. The van der Waals surface area contributed by atoms with E-state index in [4.69, 9.17) is 0 Å². The molecule has 184 valence electrons. The maximum Gasteiger partial charge on any atom is 0.243 e. The van der Waals surface area contributed by atoms with Gasteiger partial charge in [-0.3, -0.25) is 24.0 Å². The Morgan fingerprint density at radius 2 is 1.06 bits per heavy atom. The molecule has 3 rings (SSSR count). The average molecular weight is 482 g/mol. The van der Waals surface area contributed by atoms with Crippen molar-refractivity contribution in [1.29, 1.82) is 0 Å². The van der Waals surface area contributed by atoms with E-state index in [1.54, 1.807) is 36.4 Å². The Balaban J connectivity index is 1.75. The zero-order valence-electron chi connectivity index (χ0n) is 18.9. The summed E-state index contributed by atoms with van der Waals surface area (Å²) < 4.78 is 0. The summed E-state index contributed by atoms with van der Waals surface area (Å²) >= 11 is 0. The van der Waals surface area contributed by atoms with Gasteiger partial charge in [0, 0.05) is 12.8 Å². The second-order valence-electron chi connectivity index (χ2n) is 8.01. The number of benzene rings is 2. The van der Waals surface area contributed by atoms with E-state index in [-0.39, 0.29) is 25.1 Å². The van der Waals surface area contributed by atoms with Crippen molar-refractivity contribution in [3.05, 3.63) is 65.7 Å². The first-order valence-electron chi connectivity index (χ1n) is 11.0. The van der Waals surface area contributed by atoms with Gasteiger partial charge < -0.3 is 31.7 Å². The smallest absolute Gasteiger partial charge is 0.243 e. The molecule has 2 atom stereocenters. The summed E-state index contributed by atoms with van der Waals surface area (Å²) in [7, 11) is 0. The lowest BCUT2D eigenvalue weighted by Gasteiger charge is -2.20. The van der Waals surface area contributed by atoms with E-state index in [2.05, 4.69) is 26.6 Å². The molecule has 5 amide bonds. The van der Waals surface area contributed by atoms with Gasteiger partial charge in [-0.15, -0.1) is 0 Å². The second-order valence-corrected chi connectivity index (χ2v) is 8.01. The molecule has 11 nitrogen and oxygen atoms in total. The molecular weight excluding hydrogens is 454 g/mol. The molecule has 0 radical (unpaired) electrons. The normalized spacial score (nSPS) is 20.3. The van der Waals surface area contributed by atoms with Crippen molar-refractivity contribution in [2.75, 3.05) is 19.6 Å². The van der Waals surface area contributed by atoms with Crippen LogP contribution in [0, 0.1) is 0 Å². The number of phenols is 1. The molecule has 6 N–H and O–H groups in total. The van der Waals surface area contributed by atoms with Crippen molar-refractivity contribution >= 4 is 29.5 Å². The van der Waals surface area contributed by atoms with Crippen LogP contribution in [0.25, 0.3) is 0 Å². The second kappa shape index (κ2) is 12.2. The number of hydrogen-bond acceptors (Lipinski definition) is 6. The quantitative estimate of drug-likeness (QED) is 0.311. The molecule has 0 bridgehead atoms. The lowest BCUT2D eigenvalue weighted by atomic mass is 10.0. The largest absolute Gasteiger partial charge is 0.508 e. The van der Waals surface area contributed by atoms with Gasteiger partial charge in [-0.1, -0.05) is 42.5 Å². The summed E-state index contributed by atoms with van der Waals surface area (Å²) in [4.78, 5) is 62.5. The lowest BCUT2D eigenvalue weighted by Crippen LogP contribution is -2.53. The highest BCUT2D eigenvalue weighted by molar-refractivity contribution is 5.95. The molecule has 0 spiro atoms. The van der Waals surface area contributed by atoms with Crippen LogP contribution in [0.5, 0.6) is 5.75 Å². The topological polar surface area (TPSA) is 166 Å². The van der Waals surface area contributed by atoms with E-state index >= 15 is 0 Å². The zero-order valence-corrected chi connectivity index (χ0v) is 18.9. The minimum atomic E-state index is -1.04. The maximum absolute atomic E-state index is 12.8. The highest BCUT2D eigenvalue weighted by Gasteiger charge is 2.25. The van der Waals surface area contributed by atoms with Crippen molar-refractivity contribution in [3.63, 3.8) is 0 Å². The third-order valence-electron chi connectivity index (χ3n) is 5.25. The third-order valence-corrected chi connectivity index (χ3v) is 5.25. The summed E-state index contributed by atoms with van der Waals surface area (Å²) in [6.45, 7) is -1.21. The maximum atomic E-state index is 12.8. The number of carbonyl (C=O) groups excluding carboxylic acids is 5. The summed E-state index contributed by atoms with van der Waals surface area (Å²) in [5.41, 5.74) is 1.45. The molecule has 0 unspecified atom stereocenters. The molecule has 1 fully saturated rings. The molecule has 35 heavy (non-hydrogen) atoms. The first-order valence-corrected chi connectivity index (χ1v) is 11.0. The predicted molar refractivity (Wildman–Crippen MR) is 125 cm³/mol. The Morgan fingerprint density at radius 3 is 1.60 bits per heavy atom. The van der Waals surface area contributed by atoms with Gasteiger partial charge in [-0.25, -0.2) is 0 Å². The SMILES string of the molecule is O=C1CNC(=O)[C@H](Cc2ccccc2)NC(=O)CNC(=O)[C@H](Cc2ccc(O)cc2)NC(=O)CN1. The van der Waals surface area contributed by atoms with Crippen LogP contribution in [0.4, 0.5) is 0 Å². The third kappa shape index (κ3) is 8.14. The molecule has 2 aromatic carbocycles. The van der Waals surface area contributed by atoms with Gasteiger partial charge in [0.2, 0.25) is 29.5 Å². The summed E-state index contributed by atoms with van der Waals surface area (Å²) in [5, 5.41) is 21.9. The first kappa shape index (κ1) is 25.2. The fourth-order valence-electron chi connectivity index (χ4n) is 3.45. The highest BCUT2D eigenvalue weighted by Crippen LogP contribution is 2.11. The Kier molecular flexibility index (Phi) is 8.76. The van der Waals surface area contributed by atoms with Gasteiger partial charge >= 0.3 is 0 Å². The van der Waals surface area contributed by atoms with E-state index < -0.39 is 54.7 Å². The Bertz CT molecular complexity index is 1070. The van der Waals surface area contributed by atoms with Crippen LogP contribution in [0.1, 0.15) is 11.1 Å². The van der Waals surface area contributed by atoms with Gasteiger partial charge in [-0.05, 0) is 23.3 Å². The van der Waals surface area contributed by atoms with Crippen molar-refractivity contribution in [2.24, 2.45) is 0 Å². The van der Waals surface area contributed by atoms with Crippen molar-refractivity contribution < 1.29 is 29.1 Å². The summed E-state index contributed by atoms with van der Waals surface area (Å²) in [6.07, 6.45) is 0.265. The molecule has 1 saturated heterocycles. The number of hydrogen-bond donors (Lipinski definition) is 6. The molecule has 2 aromatic rings. The fraction of sp³-hybridized carbons (Fsp3) is 0.292. The minimum Gasteiger partial charge on any atom is -0.508 e. The zero-order chi connectivity index (χ0) is 25.2. The molecule has 0 aliphatic carbocycles. The fourth-order valence-corrected chi connectivity index (χ4v) is 3.45. The number of rotatable bonds is 4. The number of amides is 5. The van der Waals surface area contributed by atoms with Gasteiger partial charge in [0.1, 0.15) is 17.8 Å². The molecular formula is C24H27N5O6. The van der Waals surface area contributed by atoms with Gasteiger partial charge in [0.05, 0.1) is 19.6 Å². The van der Waals surface area contributed by atoms with Crippen LogP contribution in [-0.4, -0.2) is 66.4 Å². The summed E-state index contributed by atoms with van der Waals surface area (Å²) in [5.74, 6) is -2.97. The Labute approximate surface area is 201 Å². The molecule has 1 aliphatic heterocycles. The van der Waals surface area contributed by atoms with E-state index in [9.17, 15) is 29.1 Å². The number of nitrogens with one attached hydrogen (secondary N) is 5. The molecule has 1 aliphatic rings. The number of phenolic OH excluding ortho intramolecular Hbond substituents is 1. The van der Waals surface area contributed by atoms with E-state index in [1.165, 1.54) is 12.1 Å². The van der Waals surface area contributed by atoms with Crippen LogP contribution < -0.4 is 26.6 Å². The highest BCUT2D eigenvalue weighted by atomic mass is 16.3. The van der Waals surface area contributed by atoms with Crippen LogP contribution >= 0.6 is 0 Å². The van der Waals surface area contributed by atoms with Gasteiger partial charge in [0.25, 0.3) is 0 Å². The molecule has 0 aromatic heterocycles. The van der Waals surface area contributed by atoms with E-state index in [0.717, 1.165) is 5.56 Å². The van der Waals surface area contributed by atoms with Crippen LogP contribution in [0.2, 0.25) is 0 Å². The van der Waals surface area contributed by atoms with Crippen LogP contribution in [0.3, 0.4) is 0 Å². The molecule has 1 heterocycles. The van der Waals surface area contributed by atoms with Gasteiger partial charge in [-0.2, -0.15) is 0 Å². The minimum absolute atomic E-state index is 0.0527. The van der Waals surface area contributed by atoms with E-state index in [1.807, 2.05) is 6.07 Å². The lowest BCUT2D eigenvalue weighted by molar-refractivity contribution is -0.131. The van der Waals surface area contributed by atoms with Crippen molar-refractivity contribution in [2.45, 2.75) is 24.9 Å². The van der Waals surface area contributed by atoms with Crippen molar-refractivity contribution in [3.8, 4) is 5.75 Å². The average Bonchev–Trinajstić information content (AvgIpc) is 2.85. The predicted octanol–water partition coefficient (Wildman–Crippen LogP) is -1.49. The van der Waals surface area contributed by atoms with E-state index in [0.29, 0.717) is 5.56 Å².